The van der Waals surface area contributed by atoms with E-state index in [1.807, 2.05) is 56.4 Å². The zero-order valence-electron chi connectivity index (χ0n) is 37.3. The summed E-state index contributed by atoms with van der Waals surface area (Å²) in [5, 5.41) is 3.36. The molecular weight excluding hydrogens is 891 g/mol. The van der Waals surface area contributed by atoms with Crippen LogP contribution in [0.2, 0.25) is 19.6 Å². The number of pyridine rings is 1. The summed E-state index contributed by atoms with van der Waals surface area (Å²) in [6.45, 7) is 12.7. The number of imidazole rings is 1. The molecule has 6 heteroatoms. The van der Waals surface area contributed by atoms with E-state index in [9.17, 15) is 0 Å². The number of rotatable bonds is 6. The van der Waals surface area contributed by atoms with Gasteiger partial charge in [-0.2, -0.15) is 0 Å². The fourth-order valence-corrected chi connectivity index (χ4v) is 9.16. The normalized spacial score (nSPS) is 13.0. The molecule has 9 aromatic rings. The number of aryl methyl sites for hydroxylation is 3. The predicted molar refractivity (Wildman–Crippen MR) is 238 cm³/mol. The molecule has 0 spiro atoms. The Morgan fingerprint density at radius 3 is 2.21 bits per heavy atom. The van der Waals surface area contributed by atoms with Crippen molar-refractivity contribution in [3.05, 3.63) is 168 Å². The van der Waals surface area contributed by atoms with E-state index in [-0.39, 0.29) is 25.7 Å². The molecule has 6 aromatic carbocycles. The Balaban J connectivity index is 0.000000197. The molecule has 0 amide bonds. The Morgan fingerprint density at radius 1 is 0.789 bits per heavy atom. The van der Waals surface area contributed by atoms with Gasteiger partial charge in [0.15, 0.2) is 0 Å². The van der Waals surface area contributed by atoms with E-state index in [4.69, 9.17) is 14.9 Å². The third-order valence-corrected chi connectivity index (χ3v) is 12.3. The molecule has 0 saturated carbocycles. The van der Waals surface area contributed by atoms with Crippen molar-refractivity contribution in [3.8, 4) is 39.5 Å². The van der Waals surface area contributed by atoms with E-state index in [0.29, 0.717) is 0 Å². The van der Waals surface area contributed by atoms with Gasteiger partial charge in [0.05, 0.1) is 30.5 Å². The molecule has 0 bridgehead atoms. The molecule has 0 aliphatic rings. The summed E-state index contributed by atoms with van der Waals surface area (Å²) in [5.41, 5.74) is 13.2. The van der Waals surface area contributed by atoms with Crippen LogP contribution in [-0.4, -0.2) is 22.6 Å². The molecule has 0 unspecified atom stereocenters. The van der Waals surface area contributed by atoms with E-state index in [2.05, 4.69) is 128 Å². The van der Waals surface area contributed by atoms with Crippen molar-refractivity contribution in [1.82, 2.24) is 14.5 Å². The standard InChI is InChI=1S/C33H23N2O.C18H24NSi.Ir/c1-21-19-24(23-11-4-3-5-12-23)20-22(2)31(21)35-29-17-8-7-16-28(29)34-33(35)27-15-10-14-26-25-13-6-9-18-30(25)36-32(26)27;1-13(2)16-11-17(15-9-7-14(3)8-10-15)19-12-18(16)20(4,5)6;/h3-14,16-20H,1-2H3;7-9,11-13H,1-6H3;/q2*-1;/i;3D3,13D;. The first-order valence-electron chi connectivity index (χ1n) is 21.0. The molecule has 0 aliphatic heterocycles. The summed E-state index contributed by atoms with van der Waals surface area (Å²) in [6.07, 6.45) is 1.89. The van der Waals surface area contributed by atoms with Crippen molar-refractivity contribution in [1.29, 1.82) is 0 Å². The van der Waals surface area contributed by atoms with Crippen LogP contribution >= 0.6 is 0 Å². The van der Waals surface area contributed by atoms with E-state index < -0.39 is 20.8 Å². The number of furan rings is 1. The van der Waals surface area contributed by atoms with Crippen LogP contribution in [0.15, 0.2) is 138 Å². The van der Waals surface area contributed by atoms with E-state index in [1.165, 1.54) is 33.5 Å². The van der Waals surface area contributed by atoms with Crippen LogP contribution in [0, 0.1) is 32.8 Å². The van der Waals surface area contributed by atoms with Crippen LogP contribution < -0.4 is 5.19 Å². The quantitative estimate of drug-likeness (QED) is 0.123. The molecule has 0 fully saturated rings. The Labute approximate surface area is 356 Å². The smallest absolute Gasteiger partial charge is 0.120 e. The number of aromatic nitrogens is 3. The molecule has 9 rings (SSSR count). The van der Waals surface area contributed by atoms with Gasteiger partial charge in [-0.3, -0.25) is 4.98 Å². The fourth-order valence-electron chi connectivity index (χ4n) is 7.58. The number of hydrogen-bond acceptors (Lipinski definition) is 3. The first kappa shape index (κ1) is 34.8. The minimum Gasteiger partial charge on any atom is -0.501 e. The Morgan fingerprint density at radius 2 is 1.51 bits per heavy atom. The van der Waals surface area contributed by atoms with Crippen molar-refractivity contribution in [2.45, 2.75) is 60.1 Å². The van der Waals surface area contributed by atoms with Gasteiger partial charge in [0, 0.05) is 42.9 Å². The van der Waals surface area contributed by atoms with Gasteiger partial charge in [0.2, 0.25) is 0 Å². The van der Waals surface area contributed by atoms with Gasteiger partial charge in [-0.15, -0.1) is 53.6 Å². The molecule has 3 aromatic heterocycles. The van der Waals surface area contributed by atoms with Gasteiger partial charge in [0.25, 0.3) is 0 Å². The third kappa shape index (κ3) is 7.83. The summed E-state index contributed by atoms with van der Waals surface area (Å²) in [7, 11) is -1.61. The van der Waals surface area contributed by atoms with Crippen LogP contribution in [-0.2, 0) is 20.1 Å². The maximum Gasteiger partial charge on any atom is 0.120 e. The fraction of sp³-hybridized carbons (Fsp3) is 0.176. The molecule has 1 radical (unpaired) electrons. The second kappa shape index (κ2) is 16.2. The van der Waals surface area contributed by atoms with Crippen molar-refractivity contribution >= 4 is 46.2 Å². The van der Waals surface area contributed by atoms with Crippen molar-refractivity contribution in [3.63, 3.8) is 0 Å². The maximum atomic E-state index is 8.48. The SMILES string of the molecule is Cc1cc(-c2ccccc2)cc(C)c1-n1c(-c2[c-]ccc3c2oc2ccccc23)nc2ccccc21.[2H]C([2H])([2H])c1c[c-]c(-c2cc(C([2H])(C)C)c([Si](C)(C)C)cn2)cc1.[Ir]. The van der Waals surface area contributed by atoms with E-state index >= 15 is 0 Å². The van der Waals surface area contributed by atoms with Gasteiger partial charge in [-0.1, -0.05) is 124 Å². The minimum atomic E-state index is -2.13. The molecule has 287 valence electrons. The van der Waals surface area contributed by atoms with Crippen LogP contribution in [0.5, 0.6) is 0 Å². The average Bonchev–Trinajstić information content (AvgIpc) is 3.79. The molecular formula is C51H47IrN3OSi-2. The monoisotopic (exact) mass is 942 g/mol. The minimum absolute atomic E-state index is 0. The number of benzene rings is 6. The largest absolute Gasteiger partial charge is 0.501 e. The van der Waals surface area contributed by atoms with Crippen molar-refractivity contribution in [2.24, 2.45) is 0 Å². The molecule has 0 saturated heterocycles. The first-order valence-corrected chi connectivity index (χ1v) is 22.5. The van der Waals surface area contributed by atoms with Crippen LogP contribution in [0.1, 0.15) is 47.5 Å². The number of hydrogen-bond donors (Lipinski definition) is 0. The van der Waals surface area contributed by atoms with Crippen LogP contribution in [0.3, 0.4) is 0 Å². The second-order valence-corrected chi connectivity index (χ2v) is 20.7. The van der Waals surface area contributed by atoms with E-state index in [1.54, 1.807) is 12.1 Å². The molecule has 0 aliphatic carbocycles. The summed E-state index contributed by atoms with van der Waals surface area (Å²) >= 11 is 0. The molecule has 57 heavy (non-hydrogen) atoms. The Hall–Kier alpha value is -5.39. The van der Waals surface area contributed by atoms with Crippen LogP contribution in [0.25, 0.3) is 72.4 Å². The molecule has 0 atom stereocenters. The predicted octanol–water partition coefficient (Wildman–Crippen LogP) is 13.2. The summed E-state index contributed by atoms with van der Waals surface area (Å²) in [5.74, 6) is 0.117. The van der Waals surface area contributed by atoms with Gasteiger partial charge in [0.1, 0.15) is 5.58 Å². The van der Waals surface area contributed by atoms with Gasteiger partial charge in [-0.05, 0) is 83.2 Å². The van der Waals surface area contributed by atoms with Gasteiger partial charge < -0.3 is 14.0 Å². The van der Waals surface area contributed by atoms with Gasteiger partial charge >= 0.3 is 0 Å². The molecule has 0 N–H and O–H groups in total. The first-order chi connectivity index (χ1) is 28.5. The van der Waals surface area contributed by atoms with Gasteiger partial charge in [-0.25, -0.2) is 0 Å². The maximum absolute atomic E-state index is 8.48. The third-order valence-electron chi connectivity index (χ3n) is 10.3. The Kier molecular flexibility index (Phi) is 9.91. The summed E-state index contributed by atoms with van der Waals surface area (Å²) < 4.78 is 39.4. The Bertz CT molecular complexity index is 2990. The number of para-hydroxylation sites is 3. The second-order valence-electron chi connectivity index (χ2n) is 15.6. The summed E-state index contributed by atoms with van der Waals surface area (Å²) in [4.78, 5) is 9.68. The zero-order chi connectivity index (χ0) is 42.6. The number of fused-ring (bicyclic) bond motifs is 4. The molecule has 3 heterocycles. The van der Waals surface area contributed by atoms with Crippen molar-refractivity contribution < 1.29 is 30.0 Å². The van der Waals surface area contributed by atoms with Crippen LogP contribution in [0.4, 0.5) is 0 Å². The van der Waals surface area contributed by atoms with E-state index in [0.717, 1.165) is 66.9 Å². The number of nitrogens with zero attached hydrogens (tertiary/aromatic N) is 3. The van der Waals surface area contributed by atoms with Crippen molar-refractivity contribution in [2.75, 3.05) is 0 Å². The topological polar surface area (TPSA) is 43.9 Å². The molecule has 4 nitrogen and oxygen atoms in total. The zero-order valence-corrected chi connectivity index (χ0v) is 36.7. The average molecular weight is 942 g/mol. The summed E-state index contributed by atoms with van der Waals surface area (Å²) in [6, 6.07) is 48.8.